The van der Waals surface area contributed by atoms with Gasteiger partial charge in [-0.05, 0) is 54.8 Å². The molecule has 24 heavy (non-hydrogen) atoms. The third-order valence-corrected chi connectivity index (χ3v) is 5.26. The smallest absolute Gasteiger partial charge is 0.235 e. The minimum atomic E-state index is -0.627. The number of carbonyl (C=O) groups is 1. The van der Waals surface area contributed by atoms with E-state index in [2.05, 4.69) is 10.3 Å². The van der Waals surface area contributed by atoms with Gasteiger partial charge in [-0.3, -0.25) is 4.79 Å². The number of carbonyl (C=O) groups excluding carboxylic acids is 1. The summed E-state index contributed by atoms with van der Waals surface area (Å²) in [5.74, 6) is -0.435. The fourth-order valence-electron chi connectivity index (χ4n) is 3.06. The number of nitrogens with one attached hydrogen (secondary N) is 2. The number of halogens is 3. The molecule has 122 valence electrons. The number of hydrogen-bond acceptors (Lipinski definition) is 1. The van der Waals surface area contributed by atoms with Crippen LogP contribution >= 0.6 is 23.2 Å². The third-order valence-electron chi connectivity index (χ3n) is 4.52. The molecule has 0 unspecified atom stereocenters. The molecule has 0 saturated heterocycles. The molecule has 1 amide bonds. The maximum absolute atomic E-state index is 13.6. The summed E-state index contributed by atoms with van der Waals surface area (Å²) in [4.78, 5) is 15.9. The van der Waals surface area contributed by atoms with Crippen molar-refractivity contribution in [3.05, 3.63) is 64.0 Å². The van der Waals surface area contributed by atoms with Crippen molar-refractivity contribution in [3.63, 3.8) is 0 Å². The summed E-state index contributed by atoms with van der Waals surface area (Å²) in [6.07, 6.45) is 3.25. The molecular weight excluding hydrogens is 350 g/mol. The Morgan fingerprint density at radius 3 is 2.62 bits per heavy atom. The number of aromatic amines is 1. The molecule has 0 atom stereocenters. The van der Waals surface area contributed by atoms with Crippen molar-refractivity contribution in [3.8, 4) is 0 Å². The highest BCUT2D eigenvalue weighted by molar-refractivity contribution is 6.42. The molecule has 0 radical (unpaired) electrons. The Kier molecular flexibility index (Phi) is 3.55. The Morgan fingerprint density at radius 1 is 1.12 bits per heavy atom. The molecule has 1 aliphatic carbocycles. The summed E-state index contributed by atoms with van der Waals surface area (Å²) in [5, 5.41) is 4.45. The number of aromatic nitrogens is 1. The van der Waals surface area contributed by atoms with Crippen molar-refractivity contribution >= 4 is 45.7 Å². The molecule has 3 aromatic rings. The zero-order chi connectivity index (χ0) is 16.9. The van der Waals surface area contributed by atoms with Gasteiger partial charge >= 0.3 is 0 Å². The van der Waals surface area contributed by atoms with Crippen LogP contribution in [0.4, 0.5) is 10.1 Å². The van der Waals surface area contributed by atoms with Crippen LogP contribution in [0.1, 0.15) is 18.4 Å². The van der Waals surface area contributed by atoms with Crippen LogP contribution in [0.15, 0.2) is 42.6 Å². The van der Waals surface area contributed by atoms with Gasteiger partial charge in [-0.1, -0.05) is 23.2 Å². The van der Waals surface area contributed by atoms with Crippen LogP contribution in [0.25, 0.3) is 10.9 Å². The maximum Gasteiger partial charge on any atom is 0.235 e. The molecule has 1 aromatic heterocycles. The Balaban J connectivity index is 1.68. The molecule has 1 fully saturated rings. The van der Waals surface area contributed by atoms with Gasteiger partial charge in [0.25, 0.3) is 0 Å². The molecule has 2 aromatic carbocycles. The first-order chi connectivity index (χ1) is 11.5. The van der Waals surface area contributed by atoms with Crippen LogP contribution < -0.4 is 5.32 Å². The van der Waals surface area contributed by atoms with E-state index in [9.17, 15) is 9.18 Å². The van der Waals surface area contributed by atoms with E-state index in [1.807, 2.05) is 0 Å². The zero-order valence-corrected chi connectivity index (χ0v) is 14.0. The summed E-state index contributed by atoms with van der Waals surface area (Å²) in [6.45, 7) is 0. The molecule has 0 spiro atoms. The minimum Gasteiger partial charge on any atom is -0.361 e. The number of anilines is 1. The predicted octanol–water partition coefficient (Wildman–Crippen LogP) is 5.28. The molecular formula is C18H13Cl2FN2O. The highest BCUT2D eigenvalue weighted by Gasteiger charge is 2.52. The molecule has 0 bridgehead atoms. The number of benzene rings is 2. The van der Waals surface area contributed by atoms with Crippen LogP contribution in [0.5, 0.6) is 0 Å². The van der Waals surface area contributed by atoms with E-state index in [-0.39, 0.29) is 11.7 Å². The van der Waals surface area contributed by atoms with Gasteiger partial charge in [0.15, 0.2) is 0 Å². The van der Waals surface area contributed by atoms with E-state index < -0.39 is 5.41 Å². The summed E-state index contributed by atoms with van der Waals surface area (Å²) in [6, 6.07) is 9.51. The Morgan fingerprint density at radius 2 is 1.92 bits per heavy atom. The molecule has 3 nitrogen and oxygen atoms in total. The van der Waals surface area contributed by atoms with Crippen LogP contribution in [-0.4, -0.2) is 10.9 Å². The van der Waals surface area contributed by atoms with Crippen molar-refractivity contribution in [2.75, 3.05) is 5.32 Å². The van der Waals surface area contributed by atoms with Crippen molar-refractivity contribution in [2.24, 2.45) is 0 Å². The predicted molar refractivity (Wildman–Crippen MR) is 94.3 cm³/mol. The van der Waals surface area contributed by atoms with E-state index in [1.54, 1.807) is 30.5 Å². The molecule has 1 saturated carbocycles. The van der Waals surface area contributed by atoms with Crippen LogP contribution in [0, 0.1) is 5.82 Å². The number of hydrogen-bond donors (Lipinski definition) is 2. The summed E-state index contributed by atoms with van der Waals surface area (Å²) >= 11 is 11.9. The monoisotopic (exact) mass is 362 g/mol. The standard InChI is InChI=1S/C18H13Cl2FN2O/c19-14-3-2-11(8-15(14)20)23-17(24)18(5-6-18)13-9-22-16-4-1-10(21)7-12(13)16/h1-4,7-9,22H,5-6H2,(H,23,24). The zero-order valence-electron chi connectivity index (χ0n) is 12.5. The van der Waals surface area contributed by atoms with Gasteiger partial charge in [-0.25, -0.2) is 4.39 Å². The fraction of sp³-hybridized carbons (Fsp3) is 0.167. The van der Waals surface area contributed by atoms with Gasteiger partial charge in [0.1, 0.15) is 5.82 Å². The second-order valence-electron chi connectivity index (χ2n) is 6.06. The van der Waals surface area contributed by atoms with E-state index in [1.165, 1.54) is 12.1 Å². The highest BCUT2D eigenvalue weighted by Crippen LogP contribution is 2.51. The van der Waals surface area contributed by atoms with Crippen molar-refractivity contribution < 1.29 is 9.18 Å². The van der Waals surface area contributed by atoms with Gasteiger partial charge in [0, 0.05) is 22.8 Å². The molecule has 6 heteroatoms. The first-order valence-corrected chi connectivity index (χ1v) is 8.29. The first kappa shape index (κ1) is 15.5. The molecule has 1 aliphatic rings. The molecule has 2 N–H and O–H groups in total. The van der Waals surface area contributed by atoms with Gasteiger partial charge in [-0.2, -0.15) is 0 Å². The SMILES string of the molecule is O=C(Nc1ccc(Cl)c(Cl)c1)C1(c2c[nH]c3ccc(F)cc23)CC1. The van der Waals surface area contributed by atoms with Gasteiger partial charge in [0.2, 0.25) is 5.91 Å². The Hall–Kier alpha value is -2.04. The summed E-state index contributed by atoms with van der Waals surface area (Å²) < 4.78 is 13.6. The van der Waals surface area contributed by atoms with E-state index in [0.717, 1.165) is 29.3 Å². The molecule has 4 rings (SSSR count). The Bertz CT molecular complexity index is 963. The number of fused-ring (bicyclic) bond motifs is 1. The highest BCUT2D eigenvalue weighted by atomic mass is 35.5. The van der Waals surface area contributed by atoms with Gasteiger partial charge < -0.3 is 10.3 Å². The van der Waals surface area contributed by atoms with Crippen molar-refractivity contribution in [2.45, 2.75) is 18.3 Å². The number of amides is 1. The Labute approximate surface area is 147 Å². The summed E-state index contributed by atoms with van der Waals surface area (Å²) in [7, 11) is 0. The number of H-pyrrole nitrogens is 1. The second-order valence-corrected chi connectivity index (χ2v) is 6.87. The quantitative estimate of drug-likeness (QED) is 0.653. The largest absolute Gasteiger partial charge is 0.361 e. The lowest BCUT2D eigenvalue weighted by molar-refractivity contribution is -0.118. The lowest BCUT2D eigenvalue weighted by Gasteiger charge is -2.15. The van der Waals surface area contributed by atoms with E-state index >= 15 is 0 Å². The average molecular weight is 363 g/mol. The normalized spacial score (nSPS) is 15.5. The van der Waals surface area contributed by atoms with Crippen molar-refractivity contribution in [1.29, 1.82) is 0 Å². The molecule has 1 heterocycles. The third kappa shape index (κ3) is 2.46. The van der Waals surface area contributed by atoms with E-state index in [4.69, 9.17) is 23.2 Å². The van der Waals surface area contributed by atoms with Crippen LogP contribution in [-0.2, 0) is 10.2 Å². The van der Waals surface area contributed by atoms with Gasteiger partial charge in [-0.15, -0.1) is 0 Å². The van der Waals surface area contributed by atoms with Gasteiger partial charge in [0.05, 0.1) is 15.5 Å². The topological polar surface area (TPSA) is 44.9 Å². The fourth-order valence-corrected chi connectivity index (χ4v) is 3.36. The second kappa shape index (κ2) is 5.50. The van der Waals surface area contributed by atoms with Crippen LogP contribution in [0.2, 0.25) is 10.0 Å². The molecule has 0 aliphatic heterocycles. The first-order valence-electron chi connectivity index (χ1n) is 7.53. The summed E-state index contributed by atoms with van der Waals surface area (Å²) in [5.41, 5.74) is 1.61. The van der Waals surface area contributed by atoms with E-state index in [0.29, 0.717) is 15.7 Å². The van der Waals surface area contributed by atoms with Crippen LogP contribution in [0.3, 0.4) is 0 Å². The maximum atomic E-state index is 13.6. The lowest BCUT2D eigenvalue weighted by atomic mass is 9.94. The number of rotatable bonds is 3. The average Bonchev–Trinajstić information content (AvgIpc) is 3.25. The minimum absolute atomic E-state index is 0.119. The lowest BCUT2D eigenvalue weighted by Crippen LogP contribution is -2.27. The van der Waals surface area contributed by atoms with Crippen molar-refractivity contribution in [1.82, 2.24) is 4.98 Å².